The number of rotatable bonds is 36. The fourth-order valence-corrected chi connectivity index (χ4v) is 7.21. The zero-order chi connectivity index (χ0) is 40.7. The van der Waals surface area contributed by atoms with Crippen molar-refractivity contribution in [2.75, 3.05) is 13.1 Å². The van der Waals surface area contributed by atoms with Gasteiger partial charge in [0.1, 0.15) is 0 Å². The van der Waals surface area contributed by atoms with E-state index in [4.69, 9.17) is 0 Å². The molecule has 55 heavy (non-hydrogen) atoms. The minimum absolute atomic E-state index is 0. The molecule has 0 spiro atoms. The predicted octanol–water partition coefficient (Wildman–Crippen LogP) is 10.9. The van der Waals surface area contributed by atoms with Gasteiger partial charge in [-0.15, -0.1) is 0 Å². The number of carboxylic acids is 2. The van der Waals surface area contributed by atoms with Crippen LogP contribution in [0, 0.1) is 0 Å². The van der Waals surface area contributed by atoms with Gasteiger partial charge in [0.05, 0.1) is 11.9 Å². The van der Waals surface area contributed by atoms with Crippen LogP contribution in [0.3, 0.4) is 0 Å². The maximum Gasteiger partial charge on any atom is 2.00 e. The third-order valence-electron chi connectivity index (χ3n) is 10.6. The zero-order valence-corrected chi connectivity index (χ0v) is 39.8. The molecule has 0 saturated carbocycles. The van der Waals surface area contributed by atoms with Gasteiger partial charge in [-0.1, -0.05) is 155 Å². The van der Waals surface area contributed by atoms with Crippen LogP contribution in [0.5, 0.6) is 0 Å². The standard InChI is InChI=1S/2C24H45NO2.Ca/c2*1-5-9-11-13-15-17-19-22(7-3)25(21-24(26)27)23(8-4)20-18-16-14-12-10-6-2;/h2*13-16,22-23H,5-12,17-21H2,1-4H3,(H,26,27);/q;;+2/p-2/b2*15-13+,16-14+;. The number of carbonyl (C=O) groups is 2. The van der Waals surface area contributed by atoms with E-state index in [2.05, 4.69) is 114 Å². The summed E-state index contributed by atoms with van der Waals surface area (Å²) < 4.78 is 0. The molecule has 0 radical (unpaired) electrons. The Morgan fingerprint density at radius 1 is 0.400 bits per heavy atom. The third kappa shape index (κ3) is 34.8. The fraction of sp³-hybridized carbons (Fsp3) is 0.792. The summed E-state index contributed by atoms with van der Waals surface area (Å²) in [6.45, 7) is 17.6. The van der Waals surface area contributed by atoms with E-state index in [-0.39, 0.29) is 50.8 Å². The van der Waals surface area contributed by atoms with Crippen molar-refractivity contribution in [2.24, 2.45) is 0 Å². The molecule has 0 aliphatic heterocycles. The SMILES string of the molecule is CCCC/C=C/CCC(CC)N(CC(=O)[O-])C(CC)CC/C=C/CCCC.CCCC/C=C/CCC(CC)N(CC(=O)[O-])C(CC)CC/C=C/CCCC.[Ca+2]. The molecule has 0 fully saturated rings. The smallest absolute Gasteiger partial charge is 0.549 e. The Labute approximate surface area is 372 Å². The second-order valence-electron chi connectivity index (χ2n) is 15.1. The van der Waals surface area contributed by atoms with Crippen LogP contribution in [0.1, 0.15) is 209 Å². The summed E-state index contributed by atoms with van der Waals surface area (Å²) in [5.74, 6) is -1.91. The van der Waals surface area contributed by atoms with Gasteiger partial charge in [0.25, 0.3) is 0 Å². The molecular weight excluding hydrogens is 709 g/mol. The van der Waals surface area contributed by atoms with E-state index in [1.54, 1.807) is 0 Å². The van der Waals surface area contributed by atoms with Crippen molar-refractivity contribution < 1.29 is 19.8 Å². The van der Waals surface area contributed by atoms with Gasteiger partial charge < -0.3 is 19.8 Å². The van der Waals surface area contributed by atoms with Crippen molar-refractivity contribution in [1.29, 1.82) is 0 Å². The number of aliphatic carboxylic acids is 2. The van der Waals surface area contributed by atoms with Gasteiger partial charge in [-0.05, 0) is 103 Å². The molecule has 0 saturated heterocycles. The van der Waals surface area contributed by atoms with Crippen LogP contribution in [0.25, 0.3) is 0 Å². The van der Waals surface area contributed by atoms with Gasteiger partial charge in [-0.3, -0.25) is 9.80 Å². The Balaban J connectivity index is -0.000000966. The molecule has 0 heterocycles. The van der Waals surface area contributed by atoms with Gasteiger partial charge in [-0.25, -0.2) is 0 Å². The van der Waals surface area contributed by atoms with Crippen LogP contribution >= 0.6 is 0 Å². The maximum atomic E-state index is 11.4. The topological polar surface area (TPSA) is 86.7 Å². The summed E-state index contributed by atoms with van der Waals surface area (Å²) in [6, 6.07) is 1.25. The second-order valence-corrected chi connectivity index (χ2v) is 15.1. The Hall–Kier alpha value is -0.920. The number of hydrogen-bond acceptors (Lipinski definition) is 6. The Morgan fingerprint density at radius 3 is 0.764 bits per heavy atom. The second kappa shape index (κ2) is 44.2. The first-order chi connectivity index (χ1) is 26.2. The summed E-state index contributed by atoms with van der Waals surface area (Å²) in [7, 11) is 0. The quantitative estimate of drug-likeness (QED) is 0.0356. The number of hydrogen-bond donors (Lipinski definition) is 0. The van der Waals surface area contributed by atoms with Gasteiger partial charge in [-0.2, -0.15) is 0 Å². The molecule has 0 aromatic rings. The summed E-state index contributed by atoms with van der Waals surface area (Å²) in [6.07, 6.45) is 44.8. The first-order valence-electron chi connectivity index (χ1n) is 22.7. The minimum Gasteiger partial charge on any atom is -0.549 e. The normalized spacial score (nSPS) is 14.1. The molecule has 0 aliphatic rings. The summed E-state index contributed by atoms with van der Waals surface area (Å²) in [5.41, 5.74) is 0. The minimum atomic E-state index is -0.955. The molecule has 0 amide bonds. The Morgan fingerprint density at radius 2 is 0.600 bits per heavy atom. The van der Waals surface area contributed by atoms with Crippen molar-refractivity contribution in [3.05, 3.63) is 48.6 Å². The average Bonchev–Trinajstić information content (AvgIpc) is 3.16. The number of unbranched alkanes of at least 4 members (excludes halogenated alkanes) is 8. The van der Waals surface area contributed by atoms with Crippen molar-refractivity contribution in [2.45, 2.75) is 234 Å². The Bertz CT molecular complexity index is 830. The maximum absolute atomic E-state index is 11.4. The fourth-order valence-electron chi connectivity index (χ4n) is 7.21. The molecule has 0 aliphatic carbocycles. The summed E-state index contributed by atoms with van der Waals surface area (Å²) in [4.78, 5) is 27.1. The van der Waals surface area contributed by atoms with E-state index in [0.717, 1.165) is 103 Å². The molecule has 7 heteroatoms. The van der Waals surface area contributed by atoms with Gasteiger partial charge in [0.2, 0.25) is 0 Å². The van der Waals surface area contributed by atoms with Crippen molar-refractivity contribution in [3.63, 3.8) is 0 Å². The van der Waals surface area contributed by atoms with E-state index < -0.39 is 11.9 Å². The number of carbonyl (C=O) groups excluding carboxylic acids is 2. The van der Waals surface area contributed by atoms with Crippen molar-refractivity contribution >= 4 is 49.7 Å². The van der Waals surface area contributed by atoms with Crippen LogP contribution in [0.15, 0.2) is 48.6 Å². The van der Waals surface area contributed by atoms with Gasteiger partial charge in [0, 0.05) is 37.3 Å². The monoisotopic (exact) mass is 797 g/mol. The summed E-state index contributed by atoms with van der Waals surface area (Å²) in [5, 5.41) is 22.7. The molecule has 0 aromatic heterocycles. The van der Waals surface area contributed by atoms with Crippen molar-refractivity contribution in [3.8, 4) is 0 Å². The largest absolute Gasteiger partial charge is 2.00 e. The van der Waals surface area contributed by atoms with E-state index in [9.17, 15) is 19.8 Å². The van der Waals surface area contributed by atoms with Crippen LogP contribution in [-0.2, 0) is 9.59 Å². The molecule has 316 valence electrons. The van der Waals surface area contributed by atoms with Gasteiger partial charge >= 0.3 is 37.7 Å². The summed E-state index contributed by atoms with van der Waals surface area (Å²) >= 11 is 0. The molecule has 0 N–H and O–H groups in total. The number of carboxylic acid groups (broad SMARTS) is 2. The van der Waals surface area contributed by atoms with E-state index in [1.807, 2.05) is 0 Å². The third-order valence-corrected chi connectivity index (χ3v) is 10.6. The van der Waals surface area contributed by atoms with Crippen LogP contribution < -0.4 is 10.2 Å². The van der Waals surface area contributed by atoms with Crippen molar-refractivity contribution in [1.82, 2.24) is 9.80 Å². The van der Waals surface area contributed by atoms with Crippen LogP contribution in [0.4, 0.5) is 0 Å². The van der Waals surface area contributed by atoms with Gasteiger partial charge in [0.15, 0.2) is 0 Å². The van der Waals surface area contributed by atoms with Crippen LogP contribution in [0.2, 0.25) is 0 Å². The molecule has 6 nitrogen and oxygen atoms in total. The first kappa shape index (κ1) is 58.4. The Kier molecular flexibility index (Phi) is 46.9. The van der Waals surface area contributed by atoms with Crippen LogP contribution in [-0.4, -0.2) is 96.7 Å². The molecule has 0 aromatic carbocycles. The van der Waals surface area contributed by atoms with E-state index in [0.29, 0.717) is 24.2 Å². The molecule has 0 rings (SSSR count). The van der Waals surface area contributed by atoms with E-state index in [1.165, 1.54) is 51.4 Å². The molecular formula is C48H88CaN2O4. The predicted molar refractivity (Wildman–Crippen MR) is 237 cm³/mol. The molecule has 4 unspecified atom stereocenters. The zero-order valence-electron chi connectivity index (χ0n) is 37.5. The van der Waals surface area contributed by atoms with E-state index >= 15 is 0 Å². The average molecular weight is 797 g/mol. The number of allylic oxidation sites excluding steroid dienone is 8. The first-order valence-corrected chi connectivity index (χ1v) is 22.7. The molecule has 4 atom stereocenters. The number of nitrogens with zero attached hydrogens (tertiary/aromatic N) is 2. The molecule has 0 bridgehead atoms.